The van der Waals surface area contributed by atoms with Crippen molar-refractivity contribution < 1.29 is 4.74 Å². The Bertz CT molecular complexity index is 394. The third-order valence-electron chi connectivity index (χ3n) is 2.66. The predicted molar refractivity (Wildman–Crippen MR) is 74.1 cm³/mol. The van der Waals surface area contributed by atoms with Gasteiger partial charge in [-0.25, -0.2) is 0 Å². The van der Waals surface area contributed by atoms with E-state index in [2.05, 4.69) is 19.9 Å². The highest BCUT2D eigenvalue weighted by atomic mass is 35.5. The molecular weight excluding hydrogens is 234 g/mol. The van der Waals surface area contributed by atoms with Crippen LogP contribution in [0.5, 0.6) is 5.75 Å². The molecule has 1 rings (SSSR count). The van der Waals surface area contributed by atoms with Crippen LogP contribution in [0.4, 0.5) is 0 Å². The van der Waals surface area contributed by atoms with Crippen LogP contribution in [0.3, 0.4) is 0 Å². The van der Waals surface area contributed by atoms with Crippen LogP contribution in [0.2, 0.25) is 5.02 Å². The van der Waals surface area contributed by atoms with Crippen LogP contribution in [0.15, 0.2) is 12.1 Å². The molecular formula is C14H22ClNO. The molecule has 2 N–H and O–H groups in total. The fourth-order valence-electron chi connectivity index (χ4n) is 1.86. The minimum Gasteiger partial charge on any atom is -0.495 e. The summed E-state index contributed by atoms with van der Waals surface area (Å²) in [7, 11) is 1.64. The smallest absolute Gasteiger partial charge is 0.140 e. The third kappa shape index (κ3) is 3.90. The molecule has 0 fully saturated rings. The minimum absolute atomic E-state index is 0.272. The van der Waals surface area contributed by atoms with Gasteiger partial charge in [0.05, 0.1) is 12.1 Å². The van der Waals surface area contributed by atoms with Crippen molar-refractivity contribution in [3.05, 3.63) is 28.3 Å². The lowest BCUT2D eigenvalue weighted by molar-refractivity contribution is 0.402. The summed E-state index contributed by atoms with van der Waals surface area (Å²) in [5.41, 5.74) is 8.09. The first-order valence-corrected chi connectivity index (χ1v) is 6.27. The van der Waals surface area contributed by atoms with Gasteiger partial charge >= 0.3 is 0 Å². The third-order valence-corrected chi connectivity index (χ3v) is 2.94. The van der Waals surface area contributed by atoms with Gasteiger partial charge in [-0.05, 0) is 43.4 Å². The van der Waals surface area contributed by atoms with Crippen molar-refractivity contribution in [3.8, 4) is 5.75 Å². The Hall–Kier alpha value is -0.730. The average molecular weight is 256 g/mol. The summed E-state index contributed by atoms with van der Waals surface area (Å²) in [5, 5.41) is 0.665. The van der Waals surface area contributed by atoms with Gasteiger partial charge in [-0.2, -0.15) is 0 Å². The number of benzene rings is 1. The molecule has 0 bridgehead atoms. The highest BCUT2D eigenvalue weighted by molar-refractivity contribution is 6.32. The summed E-state index contributed by atoms with van der Waals surface area (Å²) in [6.45, 7) is 8.30. The van der Waals surface area contributed by atoms with E-state index < -0.39 is 0 Å². The van der Waals surface area contributed by atoms with Crippen LogP contribution in [-0.4, -0.2) is 12.6 Å². The largest absolute Gasteiger partial charge is 0.495 e. The summed E-state index contributed by atoms with van der Waals surface area (Å²) in [6.07, 6.45) is 0.746. The van der Waals surface area contributed by atoms with Gasteiger partial charge in [-0.1, -0.05) is 31.5 Å². The standard InChI is InChI=1S/C14H22ClNO/c1-9(2)10-6-11(8-14(3,4)16)13(17-5)12(15)7-10/h6-7,9H,8,16H2,1-5H3. The van der Waals surface area contributed by atoms with E-state index in [-0.39, 0.29) is 5.54 Å². The number of nitrogens with two attached hydrogens (primary N) is 1. The second kappa shape index (κ2) is 5.28. The first-order valence-electron chi connectivity index (χ1n) is 5.90. The maximum Gasteiger partial charge on any atom is 0.140 e. The van der Waals surface area contributed by atoms with E-state index in [1.807, 2.05) is 19.9 Å². The highest BCUT2D eigenvalue weighted by Crippen LogP contribution is 2.34. The van der Waals surface area contributed by atoms with Crippen molar-refractivity contribution in [2.45, 2.75) is 45.6 Å². The molecule has 0 saturated carbocycles. The van der Waals surface area contributed by atoms with Crippen molar-refractivity contribution in [2.24, 2.45) is 5.73 Å². The highest BCUT2D eigenvalue weighted by Gasteiger charge is 2.18. The summed E-state index contributed by atoms with van der Waals surface area (Å²) in [5.74, 6) is 1.19. The zero-order valence-electron chi connectivity index (χ0n) is 11.3. The van der Waals surface area contributed by atoms with Crippen LogP contribution in [0.1, 0.15) is 44.7 Å². The van der Waals surface area contributed by atoms with Gasteiger partial charge in [-0.15, -0.1) is 0 Å². The molecule has 0 aliphatic heterocycles. The molecule has 2 nitrogen and oxygen atoms in total. The molecule has 17 heavy (non-hydrogen) atoms. The maximum atomic E-state index is 6.24. The van der Waals surface area contributed by atoms with Crippen molar-refractivity contribution in [2.75, 3.05) is 7.11 Å². The number of halogens is 1. The fraction of sp³-hybridized carbons (Fsp3) is 0.571. The molecule has 96 valence electrons. The molecule has 0 amide bonds. The summed E-state index contributed by atoms with van der Waals surface area (Å²) < 4.78 is 5.37. The number of hydrogen-bond acceptors (Lipinski definition) is 2. The Kier molecular flexibility index (Phi) is 4.45. The topological polar surface area (TPSA) is 35.2 Å². The fourth-order valence-corrected chi connectivity index (χ4v) is 2.18. The van der Waals surface area contributed by atoms with Gasteiger partial charge in [-0.3, -0.25) is 0 Å². The zero-order chi connectivity index (χ0) is 13.2. The molecule has 0 aliphatic carbocycles. The summed E-state index contributed by atoms with van der Waals surface area (Å²) in [4.78, 5) is 0. The lowest BCUT2D eigenvalue weighted by Gasteiger charge is -2.22. The number of methoxy groups -OCH3 is 1. The first-order chi connectivity index (χ1) is 7.74. The average Bonchev–Trinajstić information content (AvgIpc) is 2.14. The lowest BCUT2D eigenvalue weighted by atomic mass is 9.92. The van der Waals surface area contributed by atoms with E-state index in [1.54, 1.807) is 7.11 Å². The van der Waals surface area contributed by atoms with Crippen molar-refractivity contribution in [1.29, 1.82) is 0 Å². The van der Waals surface area contributed by atoms with Crippen LogP contribution < -0.4 is 10.5 Å². The van der Waals surface area contributed by atoms with Crippen LogP contribution in [0, 0.1) is 0 Å². The van der Waals surface area contributed by atoms with Gasteiger partial charge in [0.25, 0.3) is 0 Å². The molecule has 0 heterocycles. The second-order valence-corrected chi connectivity index (χ2v) is 5.92. The predicted octanol–water partition coefficient (Wildman–Crippen LogP) is 3.75. The van der Waals surface area contributed by atoms with Crippen molar-refractivity contribution in [1.82, 2.24) is 0 Å². The molecule has 1 aromatic rings. The molecule has 0 spiro atoms. The maximum absolute atomic E-state index is 6.24. The second-order valence-electron chi connectivity index (χ2n) is 5.52. The minimum atomic E-state index is -0.272. The molecule has 0 atom stereocenters. The monoisotopic (exact) mass is 255 g/mol. The SMILES string of the molecule is COc1c(Cl)cc(C(C)C)cc1CC(C)(C)N. The quantitative estimate of drug-likeness (QED) is 0.889. The Morgan fingerprint density at radius 1 is 1.35 bits per heavy atom. The number of rotatable bonds is 4. The van der Waals surface area contributed by atoms with Crippen LogP contribution >= 0.6 is 11.6 Å². The number of ether oxygens (including phenoxy) is 1. The van der Waals surface area contributed by atoms with Gasteiger partial charge in [0.2, 0.25) is 0 Å². The Labute approximate surface area is 109 Å². The van der Waals surface area contributed by atoms with Crippen LogP contribution in [0.25, 0.3) is 0 Å². The van der Waals surface area contributed by atoms with Gasteiger partial charge in [0.15, 0.2) is 0 Å². The van der Waals surface area contributed by atoms with Crippen molar-refractivity contribution >= 4 is 11.6 Å². The first kappa shape index (κ1) is 14.3. The van der Waals surface area contributed by atoms with Gasteiger partial charge in [0.1, 0.15) is 5.75 Å². The van der Waals surface area contributed by atoms with Gasteiger partial charge in [0, 0.05) is 5.54 Å². The van der Waals surface area contributed by atoms with Crippen LogP contribution in [-0.2, 0) is 6.42 Å². The van der Waals surface area contributed by atoms with E-state index in [0.717, 1.165) is 17.7 Å². The molecule has 0 saturated heterocycles. The molecule has 0 aliphatic rings. The normalized spacial score (nSPS) is 12.0. The Morgan fingerprint density at radius 2 is 1.94 bits per heavy atom. The van der Waals surface area contributed by atoms with E-state index in [1.165, 1.54) is 5.56 Å². The van der Waals surface area contributed by atoms with Crippen molar-refractivity contribution in [3.63, 3.8) is 0 Å². The van der Waals surface area contributed by atoms with E-state index in [4.69, 9.17) is 22.1 Å². The van der Waals surface area contributed by atoms with E-state index >= 15 is 0 Å². The molecule has 0 aromatic heterocycles. The molecule has 0 unspecified atom stereocenters. The lowest BCUT2D eigenvalue weighted by Crippen LogP contribution is -2.34. The zero-order valence-corrected chi connectivity index (χ0v) is 12.1. The van der Waals surface area contributed by atoms with E-state index in [9.17, 15) is 0 Å². The summed E-state index contributed by atoms with van der Waals surface area (Å²) in [6, 6.07) is 4.11. The summed E-state index contributed by atoms with van der Waals surface area (Å²) >= 11 is 6.24. The Balaban J connectivity index is 3.24. The molecule has 3 heteroatoms. The molecule has 0 radical (unpaired) electrons. The van der Waals surface area contributed by atoms with Gasteiger partial charge < -0.3 is 10.5 Å². The Morgan fingerprint density at radius 3 is 2.35 bits per heavy atom. The number of hydrogen-bond donors (Lipinski definition) is 1. The molecule has 1 aromatic carbocycles. The van der Waals surface area contributed by atoms with E-state index in [0.29, 0.717) is 10.9 Å².